The molecule has 0 bridgehead atoms. The van der Waals surface area contributed by atoms with Crippen molar-refractivity contribution in [1.82, 2.24) is 0 Å². The molecule has 9 nitrogen and oxygen atoms in total. The lowest BCUT2D eigenvalue weighted by Crippen LogP contribution is -2.44. The van der Waals surface area contributed by atoms with Gasteiger partial charge in [-0.25, -0.2) is 0 Å². The number of likely N-dealkylation sites (N-methyl/N-ethyl adjacent to an activating group) is 1. The second-order valence-electron chi connectivity index (χ2n) is 25.1. The second-order valence-corrected chi connectivity index (χ2v) is 25.1. The Bertz CT molecular complexity index is 1670. The molecular formula is C76H135NO8. The third-order valence-electron chi connectivity index (χ3n) is 15.6. The third-order valence-corrected chi connectivity index (χ3v) is 15.6. The Morgan fingerprint density at radius 1 is 0.365 bits per heavy atom. The summed E-state index contributed by atoms with van der Waals surface area (Å²) >= 11 is 0. The van der Waals surface area contributed by atoms with E-state index in [1.807, 2.05) is 21.1 Å². The Hall–Kier alpha value is -3.53. The van der Waals surface area contributed by atoms with Crippen LogP contribution in [0.25, 0.3) is 0 Å². The highest BCUT2D eigenvalue weighted by atomic mass is 16.7. The number of hydrogen-bond donors (Lipinski definition) is 0. The molecule has 0 aromatic rings. The smallest absolute Gasteiger partial charge is 0.306 e. The Kier molecular flexibility index (Phi) is 63.7. The quantitative estimate of drug-likeness (QED) is 0.0195. The van der Waals surface area contributed by atoms with E-state index in [1.54, 1.807) is 0 Å². The van der Waals surface area contributed by atoms with Gasteiger partial charge in [0.1, 0.15) is 13.2 Å². The fraction of sp³-hybridized carbons (Fsp3) is 0.776. The van der Waals surface area contributed by atoms with Crippen LogP contribution in [0.2, 0.25) is 0 Å². The van der Waals surface area contributed by atoms with E-state index in [4.69, 9.17) is 18.9 Å². The highest BCUT2D eigenvalue weighted by Crippen LogP contribution is 2.18. The van der Waals surface area contributed by atoms with Crippen LogP contribution in [-0.4, -0.2) is 82.3 Å². The maximum Gasteiger partial charge on any atom is 0.306 e. The van der Waals surface area contributed by atoms with Crippen molar-refractivity contribution in [2.24, 2.45) is 0 Å². The SMILES string of the molecule is CC/C=C\C/C=C\C/C=C\C/C=C\C/C=C\CCCCCCCC(=O)OC(COC(=O)CCCCCCCCCCCCCCCCCCCCCCCCCCCCC/C=C\C/C=C\CCCCCCC)COC(OCC[N+](C)(C)C)C(=O)[O-]. The van der Waals surface area contributed by atoms with Crippen molar-refractivity contribution in [2.45, 2.75) is 334 Å². The minimum atomic E-state index is -1.63. The first-order valence-electron chi connectivity index (χ1n) is 35.7. The minimum absolute atomic E-state index is 0.141. The number of carboxylic acid groups (broad SMARTS) is 1. The average Bonchev–Trinajstić information content (AvgIpc) is 3.48. The zero-order valence-electron chi connectivity index (χ0n) is 56.2. The lowest BCUT2D eigenvalue weighted by Gasteiger charge is -2.26. The third kappa shape index (κ3) is 67.8. The molecule has 0 N–H and O–H groups in total. The van der Waals surface area contributed by atoms with Gasteiger partial charge in [0.15, 0.2) is 12.4 Å². The van der Waals surface area contributed by atoms with Gasteiger partial charge in [0.25, 0.3) is 0 Å². The fourth-order valence-corrected chi connectivity index (χ4v) is 10.2. The number of allylic oxidation sites excluding steroid dienone is 14. The van der Waals surface area contributed by atoms with E-state index in [1.165, 1.54) is 199 Å². The molecule has 0 aliphatic carbocycles. The molecule has 0 heterocycles. The molecule has 9 heteroatoms. The molecule has 0 spiro atoms. The maximum absolute atomic E-state index is 12.9. The van der Waals surface area contributed by atoms with Crippen molar-refractivity contribution >= 4 is 17.9 Å². The Labute approximate surface area is 525 Å². The monoisotopic (exact) mass is 1190 g/mol. The van der Waals surface area contributed by atoms with Crippen LogP contribution >= 0.6 is 0 Å². The first kappa shape index (κ1) is 81.5. The number of carbonyl (C=O) groups is 3. The molecule has 0 fully saturated rings. The minimum Gasteiger partial charge on any atom is -0.545 e. The molecule has 0 amide bonds. The normalized spacial score (nSPS) is 13.2. The van der Waals surface area contributed by atoms with Crippen LogP contribution in [0.15, 0.2) is 85.1 Å². The predicted molar refractivity (Wildman–Crippen MR) is 361 cm³/mol. The number of quaternary nitrogens is 1. The number of aliphatic carboxylic acids is 1. The molecule has 0 aliphatic heterocycles. The number of carboxylic acids is 1. The number of rotatable bonds is 66. The highest BCUT2D eigenvalue weighted by Gasteiger charge is 2.22. The Morgan fingerprint density at radius 2 is 0.671 bits per heavy atom. The van der Waals surface area contributed by atoms with Crippen LogP contribution in [0.4, 0.5) is 0 Å². The molecule has 0 saturated heterocycles. The molecule has 0 rings (SSSR count). The molecule has 2 atom stereocenters. The van der Waals surface area contributed by atoms with Gasteiger partial charge in [0.05, 0.1) is 40.3 Å². The summed E-state index contributed by atoms with van der Waals surface area (Å²) in [7, 11) is 5.92. The van der Waals surface area contributed by atoms with E-state index in [-0.39, 0.29) is 38.6 Å². The zero-order valence-corrected chi connectivity index (χ0v) is 56.2. The summed E-state index contributed by atoms with van der Waals surface area (Å²) in [4.78, 5) is 37.4. The van der Waals surface area contributed by atoms with Crippen molar-refractivity contribution in [2.75, 3.05) is 47.5 Å². The lowest BCUT2D eigenvalue weighted by atomic mass is 10.0. The van der Waals surface area contributed by atoms with Crippen molar-refractivity contribution in [1.29, 1.82) is 0 Å². The van der Waals surface area contributed by atoms with Crippen LogP contribution in [0, 0.1) is 0 Å². The molecule has 0 aromatic carbocycles. The summed E-state index contributed by atoms with van der Waals surface area (Å²) < 4.78 is 22.8. The summed E-state index contributed by atoms with van der Waals surface area (Å²) in [6.07, 6.45) is 86.9. The Balaban J connectivity index is 4.00. The van der Waals surface area contributed by atoms with Crippen molar-refractivity contribution in [3.63, 3.8) is 0 Å². The molecule has 492 valence electrons. The zero-order chi connectivity index (χ0) is 61.9. The van der Waals surface area contributed by atoms with E-state index in [0.717, 1.165) is 89.9 Å². The van der Waals surface area contributed by atoms with Crippen LogP contribution in [0.1, 0.15) is 322 Å². The van der Waals surface area contributed by atoms with Gasteiger partial charge in [-0.1, -0.05) is 304 Å². The van der Waals surface area contributed by atoms with Crippen LogP contribution < -0.4 is 5.11 Å². The summed E-state index contributed by atoms with van der Waals surface area (Å²) in [5.41, 5.74) is 0. The van der Waals surface area contributed by atoms with Gasteiger partial charge in [-0.3, -0.25) is 9.59 Å². The molecule has 0 saturated carbocycles. The molecule has 0 aliphatic rings. The number of nitrogens with zero attached hydrogens (tertiary/aromatic N) is 1. The number of unbranched alkanes of at least 4 members (excludes halogenated alkanes) is 37. The lowest BCUT2D eigenvalue weighted by molar-refractivity contribution is -0.870. The second kappa shape index (κ2) is 66.4. The van der Waals surface area contributed by atoms with E-state index in [0.29, 0.717) is 17.4 Å². The summed E-state index contributed by atoms with van der Waals surface area (Å²) in [5, 5.41) is 11.8. The number of esters is 2. The largest absolute Gasteiger partial charge is 0.545 e. The van der Waals surface area contributed by atoms with Crippen LogP contribution in [-0.2, 0) is 33.3 Å². The standard InChI is InChI=1S/C76H135NO8/c1-6-8-10-12-14-16-18-20-22-24-26-28-29-30-31-32-33-34-35-36-37-38-39-40-41-42-43-44-45-47-48-50-52-54-56-58-60-62-64-66-73(78)83-70-72(71-84-76(75(80)81)82-69-68-77(3,4)5)85-74(79)67-65-63-61-59-57-55-53-51-49-46-27-25-23-21-19-17-15-13-11-9-7-2/h9,11,15,17-18,20-21,23-24,26-27,46,51,53,72,76H,6-8,10,12-14,16,19,22,25,28-45,47-50,52,54-71H2,1-5H3/b11-9-,17-15-,20-18-,23-21-,26-24-,46-27-,53-51-. The van der Waals surface area contributed by atoms with Gasteiger partial charge in [0, 0.05) is 12.8 Å². The van der Waals surface area contributed by atoms with E-state index >= 15 is 0 Å². The van der Waals surface area contributed by atoms with Gasteiger partial charge < -0.3 is 33.3 Å². The van der Waals surface area contributed by atoms with Gasteiger partial charge >= 0.3 is 11.9 Å². The summed E-state index contributed by atoms with van der Waals surface area (Å²) in [6.45, 7) is 4.63. The van der Waals surface area contributed by atoms with E-state index in [9.17, 15) is 19.5 Å². The summed E-state index contributed by atoms with van der Waals surface area (Å²) in [6, 6.07) is 0. The molecular weight excluding hydrogens is 1050 g/mol. The summed E-state index contributed by atoms with van der Waals surface area (Å²) in [5.74, 6) is -2.30. The van der Waals surface area contributed by atoms with Gasteiger partial charge in [-0.15, -0.1) is 0 Å². The maximum atomic E-state index is 12.9. The topological polar surface area (TPSA) is 111 Å². The van der Waals surface area contributed by atoms with Crippen molar-refractivity contribution in [3.05, 3.63) is 85.1 Å². The first-order chi connectivity index (χ1) is 41.6. The van der Waals surface area contributed by atoms with Gasteiger partial charge in [0.2, 0.25) is 0 Å². The van der Waals surface area contributed by atoms with Gasteiger partial charge in [-0.05, 0) is 89.9 Å². The Morgan fingerprint density at radius 3 is 1.00 bits per heavy atom. The van der Waals surface area contributed by atoms with Crippen LogP contribution in [0.5, 0.6) is 0 Å². The number of hydrogen-bond acceptors (Lipinski definition) is 8. The highest BCUT2D eigenvalue weighted by molar-refractivity contribution is 5.70. The van der Waals surface area contributed by atoms with Crippen LogP contribution in [0.3, 0.4) is 0 Å². The predicted octanol–water partition coefficient (Wildman–Crippen LogP) is 20.9. The van der Waals surface area contributed by atoms with E-state index < -0.39 is 24.3 Å². The molecule has 85 heavy (non-hydrogen) atoms. The number of ether oxygens (including phenoxy) is 4. The molecule has 0 aromatic heterocycles. The van der Waals surface area contributed by atoms with Gasteiger partial charge in [-0.2, -0.15) is 0 Å². The van der Waals surface area contributed by atoms with Crippen molar-refractivity contribution in [3.8, 4) is 0 Å². The van der Waals surface area contributed by atoms with E-state index in [2.05, 4.69) is 98.9 Å². The fourth-order valence-electron chi connectivity index (χ4n) is 10.2. The first-order valence-corrected chi connectivity index (χ1v) is 35.7. The average molecular weight is 1190 g/mol. The molecule has 0 radical (unpaired) electrons. The van der Waals surface area contributed by atoms with Crippen molar-refractivity contribution < 1.29 is 42.9 Å². The number of carbonyl (C=O) groups excluding carboxylic acids is 3. The molecule has 2 unspecified atom stereocenters.